The molecule has 0 unspecified atom stereocenters. The van der Waals surface area contributed by atoms with E-state index in [0.717, 1.165) is 30.7 Å². The minimum absolute atomic E-state index is 0.245. The minimum atomic E-state index is -1.11. The number of esters is 1. The molecule has 1 saturated heterocycles. The van der Waals surface area contributed by atoms with Crippen LogP contribution in [0.3, 0.4) is 0 Å². The molecule has 26 heavy (non-hydrogen) atoms. The van der Waals surface area contributed by atoms with Crippen molar-refractivity contribution in [2.24, 2.45) is 10.8 Å². The zero-order valence-corrected chi connectivity index (χ0v) is 16.1. The highest BCUT2D eigenvalue weighted by molar-refractivity contribution is 6.06. The highest BCUT2D eigenvalue weighted by Crippen LogP contribution is 2.65. The van der Waals surface area contributed by atoms with Crippen LogP contribution in [0.25, 0.3) is 0 Å². The van der Waals surface area contributed by atoms with Gasteiger partial charge in [-0.1, -0.05) is 13.8 Å². The van der Waals surface area contributed by atoms with Crippen molar-refractivity contribution in [3.05, 3.63) is 22.8 Å². The molecule has 1 amide bonds. The lowest BCUT2D eigenvalue weighted by Gasteiger charge is -2.34. The van der Waals surface area contributed by atoms with Gasteiger partial charge >= 0.3 is 5.97 Å². The predicted octanol–water partition coefficient (Wildman–Crippen LogP) is 2.40. The summed E-state index contributed by atoms with van der Waals surface area (Å²) in [7, 11) is 0. The van der Waals surface area contributed by atoms with Crippen LogP contribution in [-0.2, 0) is 33.7 Å². The first-order chi connectivity index (χ1) is 12.2. The third-order valence-corrected chi connectivity index (χ3v) is 7.26. The van der Waals surface area contributed by atoms with Gasteiger partial charge in [0.15, 0.2) is 5.41 Å². The molecule has 2 aliphatic carbocycles. The number of carbonyl (C=O) groups excluding carboxylic acids is 2. The third kappa shape index (κ3) is 2.10. The van der Waals surface area contributed by atoms with Crippen molar-refractivity contribution in [1.82, 2.24) is 15.3 Å². The summed E-state index contributed by atoms with van der Waals surface area (Å²) in [5.74, 6) is -0.0261. The van der Waals surface area contributed by atoms with Crippen molar-refractivity contribution in [2.75, 3.05) is 0 Å². The standard InChI is InChI=1S/C20H27N3O3/c1-12-13-7-5-6-8-14(13)23-15(22-12)11-21-16(24)20-10-9-19(4,18(20,2)3)26-17(20)25/h5-11H2,1-4H3,(H,21,24)/t19-,20+/m1/s1. The van der Waals surface area contributed by atoms with E-state index >= 15 is 0 Å². The number of carbonyl (C=O) groups is 2. The van der Waals surface area contributed by atoms with Gasteiger partial charge in [0.25, 0.3) is 0 Å². The second-order valence-corrected chi connectivity index (χ2v) is 8.69. The first kappa shape index (κ1) is 17.4. The minimum Gasteiger partial charge on any atom is -0.458 e. The van der Waals surface area contributed by atoms with Crippen molar-refractivity contribution in [3.8, 4) is 0 Å². The summed E-state index contributed by atoms with van der Waals surface area (Å²) in [5, 5.41) is 2.93. The Kier molecular flexibility index (Phi) is 3.69. The molecule has 0 radical (unpaired) electrons. The summed E-state index contributed by atoms with van der Waals surface area (Å²) in [5.41, 5.74) is 1.17. The van der Waals surface area contributed by atoms with Crippen LogP contribution in [0.5, 0.6) is 0 Å². The maximum atomic E-state index is 13.1. The zero-order valence-electron chi connectivity index (χ0n) is 16.1. The summed E-state index contributed by atoms with van der Waals surface area (Å²) >= 11 is 0. The fourth-order valence-corrected chi connectivity index (χ4v) is 5.05. The lowest BCUT2D eigenvalue weighted by molar-refractivity contribution is -0.162. The van der Waals surface area contributed by atoms with Crippen LogP contribution in [0.15, 0.2) is 0 Å². The van der Waals surface area contributed by atoms with E-state index in [-0.39, 0.29) is 12.5 Å². The van der Waals surface area contributed by atoms with E-state index < -0.39 is 22.4 Å². The lowest BCUT2D eigenvalue weighted by Crippen LogP contribution is -2.50. The quantitative estimate of drug-likeness (QED) is 0.664. The molecule has 2 bridgehead atoms. The van der Waals surface area contributed by atoms with Crippen LogP contribution in [0, 0.1) is 17.8 Å². The molecule has 1 aromatic rings. The van der Waals surface area contributed by atoms with Crippen LogP contribution in [0.2, 0.25) is 0 Å². The molecule has 0 aromatic carbocycles. The summed E-state index contributed by atoms with van der Waals surface area (Å²) in [6, 6.07) is 0. The Morgan fingerprint density at radius 2 is 1.88 bits per heavy atom. The van der Waals surface area contributed by atoms with Crippen LogP contribution >= 0.6 is 0 Å². The molecule has 6 nitrogen and oxygen atoms in total. The van der Waals surface area contributed by atoms with E-state index in [1.54, 1.807) is 0 Å². The smallest absolute Gasteiger partial charge is 0.322 e. The first-order valence-corrected chi connectivity index (χ1v) is 9.58. The molecule has 3 aliphatic rings. The largest absolute Gasteiger partial charge is 0.458 e. The van der Waals surface area contributed by atoms with Gasteiger partial charge in [0.05, 0.1) is 6.54 Å². The molecular weight excluding hydrogens is 330 g/mol. The average molecular weight is 357 g/mol. The van der Waals surface area contributed by atoms with Crippen LogP contribution < -0.4 is 5.32 Å². The number of nitrogens with zero attached hydrogens (tertiary/aromatic N) is 2. The Labute approximate surface area is 154 Å². The van der Waals surface area contributed by atoms with E-state index in [9.17, 15) is 9.59 Å². The van der Waals surface area contributed by atoms with Crippen molar-refractivity contribution >= 4 is 11.9 Å². The molecule has 1 aromatic heterocycles. The molecule has 2 heterocycles. The monoisotopic (exact) mass is 357 g/mol. The molecular formula is C20H27N3O3. The Hall–Kier alpha value is -1.98. The highest BCUT2D eigenvalue weighted by Gasteiger charge is 2.76. The molecule has 2 fully saturated rings. The highest BCUT2D eigenvalue weighted by atomic mass is 16.6. The summed E-state index contributed by atoms with van der Waals surface area (Å²) < 4.78 is 5.60. The number of ether oxygens (including phenoxy) is 1. The van der Waals surface area contributed by atoms with Gasteiger partial charge in [0, 0.05) is 16.8 Å². The number of nitrogens with one attached hydrogen (secondary N) is 1. The number of fused-ring (bicyclic) bond motifs is 3. The first-order valence-electron chi connectivity index (χ1n) is 9.58. The number of amides is 1. The number of hydrogen-bond acceptors (Lipinski definition) is 5. The molecule has 1 aliphatic heterocycles. The summed E-state index contributed by atoms with van der Waals surface area (Å²) in [6.45, 7) is 8.11. The van der Waals surface area contributed by atoms with Crippen molar-refractivity contribution in [2.45, 2.75) is 78.4 Å². The molecule has 140 valence electrons. The Morgan fingerprint density at radius 3 is 2.54 bits per heavy atom. The molecule has 4 rings (SSSR count). The van der Waals surface area contributed by atoms with Gasteiger partial charge < -0.3 is 10.1 Å². The Morgan fingerprint density at radius 1 is 1.15 bits per heavy atom. The Balaban J connectivity index is 1.55. The summed E-state index contributed by atoms with van der Waals surface area (Å²) in [6.07, 6.45) is 5.60. The van der Waals surface area contributed by atoms with Gasteiger partial charge in [-0.15, -0.1) is 0 Å². The van der Waals surface area contributed by atoms with E-state index in [4.69, 9.17) is 4.74 Å². The molecule has 1 N–H and O–H groups in total. The fraction of sp³-hybridized carbons (Fsp3) is 0.700. The molecule has 0 spiro atoms. The van der Waals surface area contributed by atoms with Gasteiger partial charge in [-0.25, -0.2) is 9.97 Å². The van der Waals surface area contributed by atoms with E-state index in [2.05, 4.69) is 15.3 Å². The van der Waals surface area contributed by atoms with E-state index in [1.165, 1.54) is 12.0 Å². The Bertz CT molecular complexity index is 804. The average Bonchev–Trinajstić information content (AvgIpc) is 2.88. The van der Waals surface area contributed by atoms with Crippen LogP contribution in [0.4, 0.5) is 0 Å². The van der Waals surface area contributed by atoms with E-state index in [0.29, 0.717) is 18.7 Å². The third-order valence-electron chi connectivity index (χ3n) is 7.26. The maximum Gasteiger partial charge on any atom is 0.322 e. The van der Waals surface area contributed by atoms with Crippen molar-refractivity contribution < 1.29 is 14.3 Å². The number of aromatic nitrogens is 2. The SMILES string of the molecule is Cc1nc(CNC(=O)[C@@]23CC[C@@](C)(OC2=O)C3(C)C)nc2c1CCCC2. The zero-order chi connectivity index (χ0) is 18.7. The topological polar surface area (TPSA) is 81.2 Å². The molecule has 6 heteroatoms. The fourth-order valence-electron chi connectivity index (χ4n) is 5.05. The van der Waals surface area contributed by atoms with Gasteiger partial charge in [0.1, 0.15) is 11.4 Å². The van der Waals surface area contributed by atoms with E-state index in [1.807, 2.05) is 27.7 Å². The number of rotatable bonds is 3. The van der Waals surface area contributed by atoms with Gasteiger partial charge in [-0.3, -0.25) is 9.59 Å². The maximum absolute atomic E-state index is 13.1. The lowest BCUT2D eigenvalue weighted by atomic mass is 9.65. The number of aryl methyl sites for hydroxylation is 2. The van der Waals surface area contributed by atoms with Crippen molar-refractivity contribution in [1.29, 1.82) is 0 Å². The number of hydrogen-bond donors (Lipinski definition) is 1. The van der Waals surface area contributed by atoms with Gasteiger partial charge in [0.2, 0.25) is 5.91 Å². The second-order valence-electron chi connectivity index (χ2n) is 8.69. The van der Waals surface area contributed by atoms with Gasteiger partial charge in [-0.05, 0) is 57.9 Å². The van der Waals surface area contributed by atoms with Crippen molar-refractivity contribution in [3.63, 3.8) is 0 Å². The van der Waals surface area contributed by atoms with Crippen LogP contribution in [-0.4, -0.2) is 27.4 Å². The normalized spacial score (nSPS) is 31.5. The van der Waals surface area contributed by atoms with Crippen LogP contribution in [0.1, 0.15) is 69.2 Å². The summed E-state index contributed by atoms with van der Waals surface area (Å²) in [4.78, 5) is 34.9. The molecule has 1 saturated carbocycles. The predicted molar refractivity (Wildman–Crippen MR) is 95.2 cm³/mol. The molecule has 2 atom stereocenters. The van der Waals surface area contributed by atoms with Gasteiger partial charge in [-0.2, -0.15) is 0 Å². The second kappa shape index (κ2) is 5.51.